The Morgan fingerprint density at radius 2 is 1.59 bits per heavy atom. The summed E-state index contributed by atoms with van der Waals surface area (Å²) >= 11 is 7.26. The van der Waals surface area contributed by atoms with Crippen LogP contribution in [0.2, 0.25) is 0 Å². The highest BCUT2D eigenvalue weighted by Crippen LogP contribution is 2.42. The first-order chi connectivity index (χ1) is 26.1. The van der Waals surface area contributed by atoms with Gasteiger partial charge in [0.25, 0.3) is 0 Å². The van der Waals surface area contributed by atoms with Crippen molar-refractivity contribution in [2.75, 3.05) is 56.3 Å². The van der Waals surface area contributed by atoms with Gasteiger partial charge in [0.05, 0.1) is 55.0 Å². The summed E-state index contributed by atoms with van der Waals surface area (Å²) in [6.07, 6.45) is 5.00. The Bertz CT molecular complexity index is 2150. The lowest BCUT2D eigenvalue weighted by Crippen LogP contribution is -2.52. The number of methoxy groups -OCH3 is 4. The molecule has 0 radical (unpaired) electrons. The number of amidine groups is 1. The van der Waals surface area contributed by atoms with Gasteiger partial charge in [-0.15, -0.1) is 0 Å². The standard InChI is InChI=1S/C37H38Br2N10O5/c1-21-10-12-24(50-3)17-26(21)47-37(2)48-27(32(39)35(49-37)45-30-9-7-8-14-40-30)20-54-33-28(51-4)15-23(16-29(33)52-5)44-36-42-19-25(38)34(46-36)43-22-11-13-31(53-6)41-18-22/h7-19,47-48H,20H2,1-6H3,(H,40,45,49)(H2,42,43,44,46). The number of aromatic nitrogens is 4. The number of anilines is 6. The van der Waals surface area contributed by atoms with Crippen molar-refractivity contribution in [3.8, 4) is 28.9 Å². The van der Waals surface area contributed by atoms with E-state index in [0.29, 0.717) is 72.6 Å². The van der Waals surface area contributed by atoms with Crippen molar-refractivity contribution in [1.82, 2.24) is 25.3 Å². The number of nitrogens with one attached hydrogen (secondary N) is 5. The van der Waals surface area contributed by atoms with E-state index in [4.69, 9.17) is 28.7 Å². The first-order valence-electron chi connectivity index (χ1n) is 16.4. The van der Waals surface area contributed by atoms with Crippen LogP contribution in [0.25, 0.3) is 0 Å². The van der Waals surface area contributed by atoms with Crippen LogP contribution in [-0.4, -0.2) is 66.6 Å². The van der Waals surface area contributed by atoms with Gasteiger partial charge in [-0.3, -0.25) is 0 Å². The predicted octanol–water partition coefficient (Wildman–Crippen LogP) is 7.74. The number of hydrogen-bond acceptors (Lipinski definition) is 15. The molecule has 15 nitrogen and oxygen atoms in total. The quantitative estimate of drug-likeness (QED) is 0.0735. The van der Waals surface area contributed by atoms with E-state index < -0.39 is 5.79 Å². The third-order valence-electron chi connectivity index (χ3n) is 7.97. The Hall–Kier alpha value is -5.81. The molecule has 0 spiro atoms. The van der Waals surface area contributed by atoms with E-state index in [-0.39, 0.29) is 6.61 Å². The predicted molar refractivity (Wildman–Crippen MR) is 216 cm³/mol. The molecule has 0 aliphatic carbocycles. The van der Waals surface area contributed by atoms with Crippen molar-refractivity contribution in [3.63, 3.8) is 0 Å². The van der Waals surface area contributed by atoms with Crippen LogP contribution in [0.3, 0.4) is 0 Å². The van der Waals surface area contributed by atoms with Gasteiger partial charge in [0.1, 0.15) is 29.8 Å². The van der Waals surface area contributed by atoms with Crippen molar-refractivity contribution in [1.29, 1.82) is 0 Å². The molecule has 1 aliphatic rings. The summed E-state index contributed by atoms with van der Waals surface area (Å²) in [6.45, 7) is 4.01. The summed E-state index contributed by atoms with van der Waals surface area (Å²) in [6, 6.07) is 18.6. The smallest absolute Gasteiger partial charge is 0.229 e. The topological polar surface area (TPSA) is 170 Å². The molecule has 4 heterocycles. The molecule has 0 fully saturated rings. The highest BCUT2D eigenvalue weighted by Gasteiger charge is 2.33. The van der Waals surface area contributed by atoms with E-state index in [1.165, 1.54) is 0 Å². The lowest BCUT2D eigenvalue weighted by Gasteiger charge is -2.36. The number of halogens is 2. The SMILES string of the molecule is COc1ccc(C)c(NC2(C)N=C(Nc3ccccn3)C(Br)=C(COc3c(OC)cc(Nc4ncc(Br)c(Nc5ccc(OC)nc5)n4)cc3OC)N2)c1. The third-order valence-corrected chi connectivity index (χ3v) is 9.40. The molecule has 0 saturated carbocycles. The van der Waals surface area contributed by atoms with Crippen LogP contribution in [0, 0.1) is 6.92 Å². The van der Waals surface area contributed by atoms with Crippen LogP contribution in [0.4, 0.5) is 34.6 Å². The summed E-state index contributed by atoms with van der Waals surface area (Å²) < 4.78 is 30.0. The second kappa shape index (κ2) is 16.9. The fraction of sp³-hybridized carbons (Fsp3) is 0.216. The maximum absolute atomic E-state index is 6.45. The summed E-state index contributed by atoms with van der Waals surface area (Å²) in [5.41, 5.74) is 3.85. The molecule has 5 aromatic rings. The monoisotopic (exact) mass is 860 g/mol. The van der Waals surface area contributed by atoms with Gasteiger partial charge < -0.3 is 50.3 Å². The van der Waals surface area contributed by atoms with Crippen LogP contribution >= 0.6 is 31.9 Å². The van der Waals surface area contributed by atoms with Crippen molar-refractivity contribution >= 4 is 72.3 Å². The molecule has 280 valence electrons. The first-order valence-corrected chi connectivity index (χ1v) is 18.0. The number of nitrogens with zero attached hydrogens (tertiary/aromatic N) is 5. The van der Waals surface area contributed by atoms with Gasteiger partial charge >= 0.3 is 0 Å². The molecule has 0 bridgehead atoms. The van der Waals surface area contributed by atoms with E-state index in [2.05, 4.69) is 78.4 Å². The first kappa shape index (κ1) is 37.9. The Kier molecular flexibility index (Phi) is 11.9. The molecular formula is C37H38Br2N10O5. The minimum atomic E-state index is -1.02. The zero-order valence-corrected chi connectivity index (χ0v) is 33.4. The number of ether oxygens (including phenoxy) is 5. The largest absolute Gasteiger partial charge is 0.497 e. The van der Waals surface area contributed by atoms with E-state index in [9.17, 15) is 0 Å². The Labute approximate surface area is 329 Å². The zero-order chi connectivity index (χ0) is 38.2. The molecule has 1 unspecified atom stereocenters. The Balaban J connectivity index is 1.25. The van der Waals surface area contributed by atoms with Gasteiger partial charge in [-0.2, -0.15) is 4.98 Å². The maximum atomic E-state index is 6.45. The van der Waals surface area contributed by atoms with Crippen LogP contribution in [0.15, 0.2) is 98.9 Å². The molecule has 54 heavy (non-hydrogen) atoms. The number of benzene rings is 2. The molecule has 3 aromatic heterocycles. The second-order valence-electron chi connectivity index (χ2n) is 11.8. The van der Waals surface area contributed by atoms with E-state index in [1.54, 1.807) is 65.2 Å². The minimum absolute atomic E-state index is 0.0719. The normalized spacial score (nSPS) is 15.0. The molecule has 1 aliphatic heterocycles. The van der Waals surface area contributed by atoms with Gasteiger partial charge in [0.2, 0.25) is 23.4 Å². The number of rotatable bonds is 14. The summed E-state index contributed by atoms with van der Waals surface area (Å²) in [4.78, 5) is 22.7. The fourth-order valence-electron chi connectivity index (χ4n) is 5.31. The Morgan fingerprint density at radius 3 is 2.26 bits per heavy atom. The molecule has 17 heteroatoms. The zero-order valence-electron chi connectivity index (χ0n) is 30.2. The molecule has 6 rings (SSSR count). The van der Waals surface area contributed by atoms with Crippen LogP contribution in [0.1, 0.15) is 12.5 Å². The lowest BCUT2D eigenvalue weighted by molar-refractivity contribution is 0.282. The van der Waals surface area contributed by atoms with Crippen molar-refractivity contribution in [3.05, 3.63) is 99.5 Å². The van der Waals surface area contributed by atoms with E-state index in [1.807, 2.05) is 56.3 Å². The molecule has 0 amide bonds. The highest BCUT2D eigenvalue weighted by molar-refractivity contribution is 9.12. The molecular weight excluding hydrogens is 824 g/mol. The molecule has 2 aromatic carbocycles. The number of hydrogen-bond donors (Lipinski definition) is 5. The average molecular weight is 863 g/mol. The van der Waals surface area contributed by atoms with Crippen molar-refractivity contribution in [2.24, 2.45) is 4.99 Å². The Morgan fingerprint density at radius 1 is 0.796 bits per heavy atom. The second-order valence-corrected chi connectivity index (χ2v) is 13.5. The third kappa shape index (κ3) is 9.03. The fourth-order valence-corrected chi connectivity index (χ4v) is 6.00. The minimum Gasteiger partial charge on any atom is -0.497 e. The average Bonchev–Trinajstić information content (AvgIpc) is 3.18. The number of aryl methyl sites for hydroxylation is 1. The van der Waals surface area contributed by atoms with Gasteiger partial charge in [-0.25, -0.2) is 19.9 Å². The summed E-state index contributed by atoms with van der Waals surface area (Å²) in [5.74, 6) is 3.42. The van der Waals surface area contributed by atoms with Crippen LogP contribution in [0.5, 0.6) is 28.9 Å². The van der Waals surface area contributed by atoms with Crippen LogP contribution < -0.4 is 50.3 Å². The van der Waals surface area contributed by atoms with Crippen LogP contribution in [-0.2, 0) is 0 Å². The molecule has 0 saturated heterocycles. The molecule has 1 atom stereocenters. The van der Waals surface area contributed by atoms with Gasteiger partial charge in [0, 0.05) is 48.0 Å². The summed E-state index contributed by atoms with van der Waals surface area (Å²) in [5, 5.41) is 16.8. The molecule has 5 N–H and O–H groups in total. The highest BCUT2D eigenvalue weighted by atomic mass is 79.9. The van der Waals surface area contributed by atoms with E-state index in [0.717, 1.165) is 16.9 Å². The number of aliphatic imine (C=N–C) groups is 1. The summed E-state index contributed by atoms with van der Waals surface area (Å²) in [7, 11) is 6.31. The van der Waals surface area contributed by atoms with Crippen molar-refractivity contribution in [2.45, 2.75) is 19.6 Å². The van der Waals surface area contributed by atoms with Gasteiger partial charge in [-0.1, -0.05) is 12.1 Å². The maximum Gasteiger partial charge on any atom is 0.229 e. The van der Waals surface area contributed by atoms with Gasteiger partial charge in [-0.05, 0) is 75.5 Å². The lowest BCUT2D eigenvalue weighted by atomic mass is 10.1. The van der Waals surface area contributed by atoms with Crippen molar-refractivity contribution < 1.29 is 23.7 Å². The number of pyridine rings is 2. The van der Waals surface area contributed by atoms with Gasteiger partial charge in [0.15, 0.2) is 11.5 Å². The van der Waals surface area contributed by atoms with E-state index >= 15 is 0 Å².